The summed E-state index contributed by atoms with van der Waals surface area (Å²) in [6, 6.07) is 3.80. The van der Waals surface area contributed by atoms with Crippen molar-refractivity contribution >= 4 is 22.8 Å². The van der Waals surface area contributed by atoms with Gasteiger partial charge in [0.1, 0.15) is 11.3 Å². The summed E-state index contributed by atoms with van der Waals surface area (Å²) in [4.78, 5) is 9.24. The number of hydrogen-bond acceptors (Lipinski definition) is 4. The van der Waals surface area contributed by atoms with E-state index in [2.05, 4.69) is 14.5 Å². The van der Waals surface area contributed by atoms with Gasteiger partial charge in [0.05, 0.1) is 7.11 Å². The van der Waals surface area contributed by atoms with E-state index in [0.29, 0.717) is 17.7 Å². The van der Waals surface area contributed by atoms with E-state index < -0.39 is 0 Å². The molecule has 2 aromatic rings. The van der Waals surface area contributed by atoms with Crippen LogP contribution in [0.2, 0.25) is 0 Å². The van der Waals surface area contributed by atoms with E-state index in [1.54, 1.807) is 7.11 Å². The first-order valence-electron chi connectivity index (χ1n) is 7.35. The first-order chi connectivity index (χ1) is 10.3. The summed E-state index contributed by atoms with van der Waals surface area (Å²) in [7, 11) is 1.63. The molecule has 0 radical (unpaired) electrons. The molecule has 0 N–H and O–H groups in total. The Morgan fingerprint density at radius 2 is 2.14 bits per heavy atom. The maximum atomic E-state index is 5.92. The van der Waals surface area contributed by atoms with Crippen LogP contribution in [0.3, 0.4) is 0 Å². The molecule has 0 amide bonds. The number of pyridine rings is 1. The summed E-state index contributed by atoms with van der Waals surface area (Å²) in [6.45, 7) is 2.62. The monoisotopic (exact) mass is 309 g/mol. The molecular weight excluding hydrogens is 290 g/mol. The maximum absolute atomic E-state index is 5.92. The molecule has 1 fully saturated rings. The Morgan fingerprint density at radius 1 is 1.33 bits per heavy atom. The smallest absolute Gasteiger partial charge is 0.215 e. The lowest BCUT2D eigenvalue weighted by Gasteiger charge is -2.23. The number of fused-ring (bicyclic) bond motifs is 1. The molecule has 6 heteroatoms. The van der Waals surface area contributed by atoms with Crippen molar-refractivity contribution in [3.05, 3.63) is 18.0 Å². The highest BCUT2D eigenvalue weighted by Gasteiger charge is 2.19. The fraction of sp³-hybridized carbons (Fsp3) is 0.600. The summed E-state index contributed by atoms with van der Waals surface area (Å²) < 4.78 is 12.9. The zero-order valence-corrected chi connectivity index (χ0v) is 13.0. The van der Waals surface area contributed by atoms with Gasteiger partial charge in [0.2, 0.25) is 5.88 Å². The molecule has 3 rings (SSSR count). The second kappa shape index (κ2) is 6.62. The number of alkyl halides is 1. The minimum absolute atomic E-state index is 0.564. The van der Waals surface area contributed by atoms with Gasteiger partial charge in [0.15, 0.2) is 5.65 Å². The highest BCUT2D eigenvalue weighted by atomic mass is 35.5. The molecule has 5 nitrogen and oxygen atoms in total. The minimum Gasteiger partial charge on any atom is -0.481 e. The summed E-state index contributed by atoms with van der Waals surface area (Å²) in [5.74, 6) is 2.80. The van der Waals surface area contributed by atoms with Crippen molar-refractivity contribution in [1.29, 1.82) is 0 Å². The third-order valence-corrected chi connectivity index (χ3v) is 4.14. The van der Waals surface area contributed by atoms with Crippen LogP contribution >= 0.6 is 11.6 Å². The first-order valence-corrected chi connectivity index (χ1v) is 7.89. The molecule has 0 saturated carbocycles. The highest BCUT2D eigenvalue weighted by molar-refractivity contribution is 6.17. The first kappa shape index (κ1) is 14.6. The number of hydrogen-bond donors (Lipinski definition) is 0. The highest BCUT2D eigenvalue weighted by Crippen LogP contribution is 2.23. The van der Waals surface area contributed by atoms with E-state index in [1.165, 1.54) is 0 Å². The van der Waals surface area contributed by atoms with E-state index in [0.717, 1.165) is 56.0 Å². The van der Waals surface area contributed by atoms with Gasteiger partial charge < -0.3 is 14.0 Å². The Bertz CT molecular complexity index is 608. The molecule has 114 valence electrons. The molecular formula is C15H20ClN3O2. The van der Waals surface area contributed by atoms with Crippen molar-refractivity contribution in [3.63, 3.8) is 0 Å². The molecule has 0 bridgehead atoms. The van der Waals surface area contributed by atoms with Crippen LogP contribution in [0.4, 0.5) is 0 Å². The van der Waals surface area contributed by atoms with Crippen molar-refractivity contribution in [1.82, 2.24) is 14.5 Å². The van der Waals surface area contributed by atoms with Gasteiger partial charge in [-0.25, -0.2) is 4.98 Å². The van der Waals surface area contributed by atoms with Crippen LogP contribution < -0.4 is 4.74 Å². The van der Waals surface area contributed by atoms with Crippen LogP contribution in [-0.4, -0.2) is 40.7 Å². The Labute approximate surface area is 129 Å². The number of ether oxygens (including phenoxy) is 2. The molecule has 0 atom stereocenters. The second-order valence-corrected chi connectivity index (χ2v) is 5.71. The standard InChI is InChI=1S/C15H20ClN3O2/c1-20-14-3-2-12-15(18-14)19(13(17-12)4-7-16)10-11-5-8-21-9-6-11/h2-3,11H,4-10H2,1H3. The number of aromatic nitrogens is 3. The number of methoxy groups -OCH3 is 1. The Balaban J connectivity index is 1.96. The number of aryl methyl sites for hydroxylation is 1. The van der Waals surface area contributed by atoms with Crippen molar-refractivity contribution < 1.29 is 9.47 Å². The fourth-order valence-corrected chi connectivity index (χ4v) is 2.97. The van der Waals surface area contributed by atoms with Gasteiger partial charge in [-0.1, -0.05) is 0 Å². The molecule has 1 aliphatic rings. The normalized spacial score (nSPS) is 16.5. The quantitative estimate of drug-likeness (QED) is 0.797. The third kappa shape index (κ3) is 3.14. The number of rotatable bonds is 5. The lowest BCUT2D eigenvalue weighted by Crippen LogP contribution is -2.21. The Hall–Kier alpha value is -1.33. The van der Waals surface area contributed by atoms with Gasteiger partial charge >= 0.3 is 0 Å². The van der Waals surface area contributed by atoms with Crippen LogP contribution in [0, 0.1) is 5.92 Å². The second-order valence-electron chi connectivity index (χ2n) is 5.33. The summed E-state index contributed by atoms with van der Waals surface area (Å²) >= 11 is 5.92. The van der Waals surface area contributed by atoms with E-state index in [1.807, 2.05) is 12.1 Å². The van der Waals surface area contributed by atoms with Crippen molar-refractivity contribution in [2.75, 3.05) is 26.2 Å². The Morgan fingerprint density at radius 3 is 2.86 bits per heavy atom. The fourth-order valence-electron chi connectivity index (χ4n) is 2.80. The number of halogens is 1. The zero-order chi connectivity index (χ0) is 14.7. The van der Waals surface area contributed by atoms with Crippen LogP contribution in [0.5, 0.6) is 5.88 Å². The van der Waals surface area contributed by atoms with Crippen LogP contribution in [0.1, 0.15) is 18.7 Å². The Kier molecular flexibility index (Phi) is 4.60. The summed E-state index contributed by atoms with van der Waals surface area (Å²) in [6.07, 6.45) is 2.93. The van der Waals surface area contributed by atoms with E-state index in [4.69, 9.17) is 21.1 Å². The molecule has 0 aliphatic carbocycles. The van der Waals surface area contributed by atoms with Crippen LogP contribution in [-0.2, 0) is 17.7 Å². The van der Waals surface area contributed by atoms with Crippen molar-refractivity contribution in [2.45, 2.75) is 25.8 Å². The van der Waals surface area contributed by atoms with Gasteiger partial charge in [-0.05, 0) is 24.8 Å². The lowest BCUT2D eigenvalue weighted by atomic mass is 10.0. The SMILES string of the molecule is COc1ccc2nc(CCCl)n(CC3CCOCC3)c2n1. The number of imidazole rings is 1. The largest absolute Gasteiger partial charge is 0.481 e. The molecule has 0 aromatic carbocycles. The predicted molar refractivity (Wildman–Crippen MR) is 82.0 cm³/mol. The number of nitrogens with zero attached hydrogens (tertiary/aromatic N) is 3. The van der Waals surface area contributed by atoms with E-state index >= 15 is 0 Å². The average Bonchev–Trinajstić information content (AvgIpc) is 2.86. The maximum Gasteiger partial charge on any atom is 0.215 e. The van der Waals surface area contributed by atoms with Gasteiger partial charge in [-0.2, -0.15) is 4.98 Å². The van der Waals surface area contributed by atoms with Gasteiger partial charge in [-0.3, -0.25) is 0 Å². The van der Waals surface area contributed by atoms with E-state index in [9.17, 15) is 0 Å². The summed E-state index contributed by atoms with van der Waals surface area (Å²) in [5, 5.41) is 0. The van der Waals surface area contributed by atoms with Crippen molar-refractivity contribution in [3.8, 4) is 5.88 Å². The molecule has 3 heterocycles. The van der Waals surface area contributed by atoms with Crippen LogP contribution in [0.15, 0.2) is 12.1 Å². The molecule has 1 aliphatic heterocycles. The topological polar surface area (TPSA) is 49.2 Å². The third-order valence-electron chi connectivity index (χ3n) is 3.95. The van der Waals surface area contributed by atoms with Gasteiger partial charge in [-0.15, -0.1) is 11.6 Å². The summed E-state index contributed by atoms with van der Waals surface area (Å²) in [5.41, 5.74) is 1.80. The minimum atomic E-state index is 0.564. The molecule has 0 spiro atoms. The average molecular weight is 310 g/mol. The molecule has 2 aromatic heterocycles. The van der Waals surface area contributed by atoms with Crippen LogP contribution in [0.25, 0.3) is 11.2 Å². The molecule has 1 saturated heterocycles. The van der Waals surface area contributed by atoms with E-state index in [-0.39, 0.29) is 0 Å². The molecule has 21 heavy (non-hydrogen) atoms. The molecule has 0 unspecified atom stereocenters. The van der Waals surface area contributed by atoms with Gasteiger partial charge in [0, 0.05) is 38.1 Å². The van der Waals surface area contributed by atoms with Crippen molar-refractivity contribution in [2.24, 2.45) is 5.92 Å². The lowest BCUT2D eigenvalue weighted by molar-refractivity contribution is 0.0613. The predicted octanol–water partition coefficient (Wildman–Crippen LogP) is 2.65. The van der Waals surface area contributed by atoms with Gasteiger partial charge in [0.25, 0.3) is 0 Å². The zero-order valence-electron chi connectivity index (χ0n) is 12.2.